The van der Waals surface area contributed by atoms with Crippen LogP contribution < -0.4 is 5.32 Å². The summed E-state index contributed by atoms with van der Waals surface area (Å²) < 4.78 is 6.84. The first-order valence-electron chi connectivity index (χ1n) is 7.82. The molecule has 0 unspecified atom stereocenters. The minimum atomic E-state index is -0.434. The fourth-order valence-corrected chi connectivity index (χ4v) is 2.74. The molecule has 0 bridgehead atoms. The van der Waals surface area contributed by atoms with Gasteiger partial charge in [0.2, 0.25) is 5.95 Å². The molecule has 1 aromatic carbocycles. The van der Waals surface area contributed by atoms with Crippen LogP contribution >= 0.6 is 23.2 Å². The maximum absolute atomic E-state index is 12.3. The van der Waals surface area contributed by atoms with Crippen molar-refractivity contribution in [1.29, 1.82) is 0 Å². The fourth-order valence-electron chi connectivity index (χ4n) is 2.41. The maximum Gasteiger partial charge on any atom is 0.278 e. The van der Waals surface area contributed by atoms with Gasteiger partial charge in [-0.1, -0.05) is 29.3 Å². The van der Waals surface area contributed by atoms with Gasteiger partial charge >= 0.3 is 0 Å². The van der Waals surface area contributed by atoms with Gasteiger partial charge in [-0.05, 0) is 29.8 Å². The smallest absolute Gasteiger partial charge is 0.278 e. The number of halogens is 2. The van der Waals surface area contributed by atoms with Gasteiger partial charge in [0.05, 0.1) is 22.9 Å². The highest BCUT2D eigenvalue weighted by Crippen LogP contribution is 2.23. The zero-order valence-electron chi connectivity index (χ0n) is 13.7. The summed E-state index contributed by atoms with van der Waals surface area (Å²) in [4.78, 5) is 16.4. The molecule has 27 heavy (non-hydrogen) atoms. The average Bonchev–Trinajstić information content (AvgIpc) is 3.38. The monoisotopic (exact) mass is 402 g/mol. The Hall–Kier alpha value is -3.10. The van der Waals surface area contributed by atoms with Gasteiger partial charge in [0.1, 0.15) is 12.0 Å². The molecule has 2 N–H and O–H groups in total. The largest absolute Gasteiger partial charge is 0.463 e. The van der Waals surface area contributed by atoms with Gasteiger partial charge in [0.25, 0.3) is 5.91 Å². The zero-order chi connectivity index (χ0) is 18.8. The van der Waals surface area contributed by atoms with Gasteiger partial charge in [-0.2, -0.15) is 5.10 Å². The van der Waals surface area contributed by atoms with Crippen LogP contribution in [0.4, 0.5) is 5.95 Å². The SMILES string of the molecule is O=C(Nc1ncn(Cc2ccc(Cl)c(Cl)c2)n1)c1cc(-c2ccco2)[nH]n1. The topological polar surface area (TPSA) is 102 Å². The first-order valence-corrected chi connectivity index (χ1v) is 8.58. The van der Waals surface area contributed by atoms with E-state index in [2.05, 4.69) is 25.6 Å². The number of hydrogen-bond donors (Lipinski definition) is 2. The lowest BCUT2D eigenvalue weighted by molar-refractivity contribution is 0.102. The average molecular weight is 403 g/mol. The van der Waals surface area contributed by atoms with Crippen LogP contribution in [0.1, 0.15) is 16.1 Å². The lowest BCUT2D eigenvalue weighted by Gasteiger charge is -2.03. The van der Waals surface area contributed by atoms with E-state index in [1.165, 1.54) is 6.33 Å². The Bertz CT molecular complexity index is 1090. The van der Waals surface area contributed by atoms with Gasteiger partial charge in [0, 0.05) is 6.07 Å². The van der Waals surface area contributed by atoms with E-state index in [1.807, 2.05) is 6.07 Å². The summed E-state index contributed by atoms with van der Waals surface area (Å²) in [6.45, 7) is 0.435. The predicted molar refractivity (Wildman–Crippen MR) is 99.8 cm³/mol. The van der Waals surface area contributed by atoms with Crippen LogP contribution in [-0.4, -0.2) is 30.9 Å². The van der Waals surface area contributed by atoms with Crippen LogP contribution in [0.3, 0.4) is 0 Å². The van der Waals surface area contributed by atoms with Crippen molar-refractivity contribution in [2.24, 2.45) is 0 Å². The summed E-state index contributed by atoms with van der Waals surface area (Å²) in [6.07, 6.45) is 3.05. The van der Waals surface area contributed by atoms with Crippen molar-refractivity contribution in [1.82, 2.24) is 25.0 Å². The number of nitrogens with zero attached hydrogens (tertiary/aromatic N) is 4. The summed E-state index contributed by atoms with van der Waals surface area (Å²) in [7, 11) is 0. The van der Waals surface area contributed by atoms with Crippen molar-refractivity contribution in [3.05, 3.63) is 70.3 Å². The van der Waals surface area contributed by atoms with Gasteiger partial charge in [-0.15, -0.1) is 5.10 Å². The van der Waals surface area contributed by atoms with Crippen molar-refractivity contribution in [3.8, 4) is 11.5 Å². The molecule has 3 aromatic heterocycles. The Morgan fingerprint density at radius 2 is 2.11 bits per heavy atom. The Morgan fingerprint density at radius 1 is 1.22 bits per heavy atom. The molecular weight excluding hydrogens is 391 g/mol. The van der Waals surface area contributed by atoms with Crippen LogP contribution in [0.2, 0.25) is 10.0 Å². The second-order valence-electron chi connectivity index (χ2n) is 5.61. The minimum absolute atomic E-state index is 0.169. The second kappa shape index (κ2) is 7.26. The van der Waals surface area contributed by atoms with Gasteiger partial charge < -0.3 is 4.42 Å². The van der Waals surface area contributed by atoms with Crippen molar-refractivity contribution in [2.75, 3.05) is 5.32 Å². The Morgan fingerprint density at radius 3 is 2.89 bits per heavy atom. The number of carbonyl (C=O) groups is 1. The first-order chi connectivity index (χ1) is 13.1. The molecule has 4 aromatic rings. The number of anilines is 1. The molecule has 4 rings (SSSR count). The molecule has 0 atom stereocenters. The third-order valence-corrected chi connectivity index (χ3v) is 4.43. The molecule has 0 aliphatic rings. The van der Waals surface area contributed by atoms with E-state index in [0.29, 0.717) is 28.0 Å². The second-order valence-corrected chi connectivity index (χ2v) is 6.43. The van der Waals surface area contributed by atoms with E-state index in [9.17, 15) is 4.79 Å². The number of rotatable bonds is 5. The number of aromatic amines is 1. The van der Waals surface area contributed by atoms with E-state index in [0.717, 1.165) is 5.56 Å². The van der Waals surface area contributed by atoms with Crippen LogP contribution in [0.5, 0.6) is 0 Å². The molecule has 10 heteroatoms. The first kappa shape index (κ1) is 17.3. The molecule has 0 saturated heterocycles. The molecule has 0 spiro atoms. The van der Waals surface area contributed by atoms with Crippen LogP contribution in [0.15, 0.2) is 53.4 Å². The number of amides is 1. The molecule has 1 amide bonds. The Balaban J connectivity index is 1.43. The highest BCUT2D eigenvalue weighted by Gasteiger charge is 2.15. The molecule has 8 nitrogen and oxygen atoms in total. The van der Waals surface area contributed by atoms with Crippen LogP contribution in [0, 0.1) is 0 Å². The molecule has 3 heterocycles. The molecule has 0 aliphatic carbocycles. The molecule has 0 saturated carbocycles. The summed E-state index contributed by atoms with van der Waals surface area (Å²) in [5.74, 6) is 0.324. The van der Waals surface area contributed by atoms with Gasteiger partial charge in [-0.25, -0.2) is 9.67 Å². The van der Waals surface area contributed by atoms with Crippen LogP contribution in [-0.2, 0) is 6.54 Å². The summed E-state index contributed by atoms with van der Waals surface area (Å²) >= 11 is 11.9. The van der Waals surface area contributed by atoms with Gasteiger partial charge in [0.15, 0.2) is 11.5 Å². The van der Waals surface area contributed by atoms with Crippen molar-refractivity contribution >= 4 is 35.1 Å². The van der Waals surface area contributed by atoms with E-state index >= 15 is 0 Å². The van der Waals surface area contributed by atoms with Crippen molar-refractivity contribution in [3.63, 3.8) is 0 Å². The lowest BCUT2D eigenvalue weighted by Crippen LogP contribution is -2.14. The highest BCUT2D eigenvalue weighted by atomic mass is 35.5. The number of H-pyrrole nitrogens is 1. The minimum Gasteiger partial charge on any atom is -0.463 e. The Labute approximate surface area is 163 Å². The number of nitrogens with one attached hydrogen (secondary N) is 2. The van der Waals surface area contributed by atoms with E-state index < -0.39 is 5.91 Å². The normalized spacial score (nSPS) is 10.9. The highest BCUT2D eigenvalue weighted by molar-refractivity contribution is 6.42. The van der Waals surface area contributed by atoms with E-state index in [-0.39, 0.29) is 11.6 Å². The number of benzene rings is 1. The number of aromatic nitrogens is 5. The number of carbonyl (C=O) groups excluding carboxylic acids is 1. The van der Waals surface area contributed by atoms with Crippen molar-refractivity contribution in [2.45, 2.75) is 6.54 Å². The maximum atomic E-state index is 12.3. The number of furan rings is 1. The summed E-state index contributed by atoms with van der Waals surface area (Å²) in [6, 6.07) is 10.4. The van der Waals surface area contributed by atoms with Crippen LogP contribution in [0.25, 0.3) is 11.5 Å². The Kier molecular flexibility index (Phi) is 4.66. The summed E-state index contributed by atoms with van der Waals surface area (Å²) in [5, 5.41) is 14.5. The third-order valence-electron chi connectivity index (χ3n) is 3.69. The van der Waals surface area contributed by atoms with E-state index in [1.54, 1.807) is 41.3 Å². The van der Waals surface area contributed by atoms with Gasteiger partial charge in [-0.3, -0.25) is 15.2 Å². The molecular formula is C17H12Cl2N6O2. The molecule has 136 valence electrons. The third kappa shape index (κ3) is 3.86. The molecule has 0 fully saturated rings. The quantitative estimate of drug-likeness (QED) is 0.527. The van der Waals surface area contributed by atoms with Crippen molar-refractivity contribution < 1.29 is 9.21 Å². The standard InChI is InChI=1S/C17H12Cl2N6O2/c18-11-4-3-10(6-12(11)19)8-25-9-20-17(24-25)21-16(26)14-7-13(22-23-14)15-2-1-5-27-15/h1-7,9H,8H2,(H,22,23)(H,21,24,26). The summed E-state index contributed by atoms with van der Waals surface area (Å²) in [5.41, 5.74) is 1.70. The molecule has 0 radical (unpaired) electrons. The van der Waals surface area contributed by atoms with E-state index in [4.69, 9.17) is 27.6 Å². The number of hydrogen-bond acceptors (Lipinski definition) is 5. The fraction of sp³-hybridized carbons (Fsp3) is 0.0588. The zero-order valence-corrected chi connectivity index (χ0v) is 15.2. The molecule has 0 aliphatic heterocycles. The predicted octanol–water partition coefficient (Wildman–Crippen LogP) is 3.87. The lowest BCUT2D eigenvalue weighted by atomic mass is 10.2.